The predicted molar refractivity (Wildman–Crippen MR) is 131 cm³/mol. The molecule has 0 atom stereocenters. The topological polar surface area (TPSA) is 41.4 Å². The van der Waals surface area contributed by atoms with Gasteiger partial charge in [0.05, 0.1) is 11.4 Å². The molecule has 9 heteroatoms. The molecule has 1 aromatic heterocycles. The minimum Gasteiger partial charge on any atom is -0.353 e. The first kappa shape index (κ1) is 21.2. The molecule has 2 aliphatic heterocycles. The Bertz CT molecular complexity index is 1120. The second-order valence-electron chi connectivity index (χ2n) is 7.57. The number of anilines is 1. The third-order valence-electron chi connectivity index (χ3n) is 5.57. The van der Waals surface area contributed by atoms with E-state index >= 15 is 0 Å². The zero-order valence-corrected chi connectivity index (χ0v) is 20.4. The van der Waals surface area contributed by atoms with Gasteiger partial charge in [0.2, 0.25) is 0 Å². The molecule has 0 spiro atoms. The van der Waals surface area contributed by atoms with Gasteiger partial charge in [0.15, 0.2) is 0 Å². The number of fused-ring (bicyclic) bond motifs is 1. The number of hydrogen-bond acceptors (Lipinski definition) is 4. The molecule has 3 heterocycles. The Kier molecular flexibility index (Phi) is 5.94. The Balaban J connectivity index is 1.38. The van der Waals surface area contributed by atoms with E-state index in [2.05, 4.69) is 37.6 Å². The zero-order chi connectivity index (χ0) is 21.5. The monoisotopic (exact) mass is 536 g/mol. The second kappa shape index (κ2) is 8.70. The Morgan fingerprint density at radius 3 is 2.32 bits per heavy atom. The van der Waals surface area contributed by atoms with Gasteiger partial charge in [0, 0.05) is 63.3 Å². The van der Waals surface area contributed by atoms with E-state index < -0.39 is 0 Å². The molecule has 0 N–H and O–H groups in total. The summed E-state index contributed by atoms with van der Waals surface area (Å²) in [7, 11) is 0. The third-order valence-corrected chi connectivity index (χ3v) is 7.51. The van der Waals surface area contributed by atoms with E-state index in [9.17, 15) is 4.79 Å². The van der Waals surface area contributed by atoms with Gasteiger partial charge in [0.25, 0.3) is 5.91 Å². The minimum absolute atomic E-state index is 0.0359. The number of halogens is 3. The number of carbonyl (C=O) groups is 1. The summed E-state index contributed by atoms with van der Waals surface area (Å²) in [6, 6.07) is 13.2. The summed E-state index contributed by atoms with van der Waals surface area (Å²) in [5, 5.41) is 5.86. The Morgan fingerprint density at radius 1 is 0.968 bits per heavy atom. The molecule has 1 amide bonds. The van der Waals surface area contributed by atoms with Gasteiger partial charge in [-0.2, -0.15) is 16.9 Å². The van der Waals surface area contributed by atoms with E-state index in [0.29, 0.717) is 28.7 Å². The van der Waals surface area contributed by atoms with Crippen molar-refractivity contribution in [3.05, 3.63) is 73.8 Å². The Morgan fingerprint density at radius 2 is 1.65 bits per heavy atom. The van der Waals surface area contributed by atoms with Gasteiger partial charge in [-0.1, -0.05) is 39.1 Å². The van der Waals surface area contributed by atoms with Crippen molar-refractivity contribution in [3.63, 3.8) is 0 Å². The van der Waals surface area contributed by atoms with Gasteiger partial charge in [-0.05, 0) is 42.5 Å². The maximum Gasteiger partial charge on any atom is 0.254 e. The molecule has 2 aliphatic rings. The lowest BCUT2D eigenvalue weighted by molar-refractivity contribution is 0.0746. The van der Waals surface area contributed by atoms with Gasteiger partial charge in [-0.25, -0.2) is 4.68 Å². The highest BCUT2D eigenvalue weighted by atomic mass is 79.9. The predicted octanol–water partition coefficient (Wildman–Crippen LogP) is 5.65. The summed E-state index contributed by atoms with van der Waals surface area (Å²) < 4.78 is 3.10. The van der Waals surface area contributed by atoms with Crippen LogP contribution >= 0.6 is 50.9 Å². The number of benzene rings is 2. The fourth-order valence-electron chi connectivity index (χ4n) is 4.07. The van der Waals surface area contributed by atoms with Crippen molar-refractivity contribution in [1.29, 1.82) is 0 Å². The first-order valence-electron chi connectivity index (χ1n) is 9.94. The van der Waals surface area contributed by atoms with Crippen LogP contribution in [0.1, 0.15) is 21.6 Å². The summed E-state index contributed by atoms with van der Waals surface area (Å²) in [5.41, 5.74) is 4.05. The number of nitrogens with zero attached hydrogens (tertiary/aromatic N) is 4. The lowest BCUT2D eigenvalue weighted by atomic mass is 10.1. The second-order valence-corrected chi connectivity index (χ2v) is 10.3. The van der Waals surface area contributed by atoms with Crippen molar-refractivity contribution in [2.45, 2.75) is 11.5 Å². The molecule has 5 nitrogen and oxygen atoms in total. The number of aromatic nitrogens is 2. The molecule has 160 valence electrons. The highest BCUT2D eigenvalue weighted by Crippen LogP contribution is 2.38. The van der Waals surface area contributed by atoms with Crippen LogP contribution in [0.4, 0.5) is 5.82 Å². The molecule has 0 bridgehead atoms. The van der Waals surface area contributed by atoms with E-state index in [4.69, 9.17) is 28.3 Å². The van der Waals surface area contributed by atoms with E-state index in [1.54, 1.807) is 18.2 Å². The fraction of sp³-hybridized carbons (Fsp3) is 0.273. The van der Waals surface area contributed by atoms with Crippen LogP contribution in [-0.2, 0) is 11.5 Å². The van der Waals surface area contributed by atoms with Crippen molar-refractivity contribution in [1.82, 2.24) is 14.7 Å². The van der Waals surface area contributed by atoms with Crippen LogP contribution in [0.3, 0.4) is 0 Å². The maximum absolute atomic E-state index is 13.0. The lowest BCUT2D eigenvalue weighted by Gasteiger charge is -2.36. The largest absolute Gasteiger partial charge is 0.353 e. The highest BCUT2D eigenvalue weighted by molar-refractivity contribution is 9.10. The van der Waals surface area contributed by atoms with Crippen LogP contribution < -0.4 is 4.90 Å². The molecule has 31 heavy (non-hydrogen) atoms. The van der Waals surface area contributed by atoms with Crippen molar-refractivity contribution in [2.75, 3.05) is 31.1 Å². The van der Waals surface area contributed by atoms with Gasteiger partial charge in [-0.3, -0.25) is 4.79 Å². The fourth-order valence-corrected chi connectivity index (χ4v) is 5.88. The molecule has 5 rings (SSSR count). The Hall–Kier alpha value is -1.67. The minimum atomic E-state index is -0.0359. The standard InChI is InChI=1S/C22H19BrCl2N4OS/c23-15-1-3-18(4-2-15)29-21(19-12-31-13-20(19)26-29)27-5-7-28(8-6-27)22(30)14-9-16(24)11-17(25)10-14/h1-4,9-11H,5-8,12-13H2. The van der Waals surface area contributed by atoms with Crippen molar-refractivity contribution < 1.29 is 4.79 Å². The van der Waals surface area contributed by atoms with Crippen LogP contribution in [0.25, 0.3) is 5.69 Å². The normalized spacial score (nSPS) is 16.0. The first-order valence-corrected chi connectivity index (χ1v) is 12.6. The summed E-state index contributed by atoms with van der Waals surface area (Å²) in [6.07, 6.45) is 0. The van der Waals surface area contributed by atoms with E-state index in [0.717, 1.165) is 46.3 Å². The van der Waals surface area contributed by atoms with E-state index in [1.165, 1.54) is 5.56 Å². The molecule has 1 fully saturated rings. The van der Waals surface area contributed by atoms with Gasteiger partial charge >= 0.3 is 0 Å². The number of amides is 1. The smallest absolute Gasteiger partial charge is 0.254 e. The van der Waals surface area contributed by atoms with E-state index in [-0.39, 0.29) is 5.91 Å². The number of rotatable bonds is 3. The molecular formula is C22H19BrCl2N4OS. The number of hydrogen-bond donors (Lipinski definition) is 0. The molecule has 3 aromatic rings. The van der Waals surface area contributed by atoms with Crippen molar-refractivity contribution in [3.8, 4) is 5.69 Å². The number of piperazine rings is 1. The number of thioether (sulfide) groups is 1. The zero-order valence-electron chi connectivity index (χ0n) is 16.5. The van der Waals surface area contributed by atoms with Gasteiger partial charge in [-0.15, -0.1) is 0 Å². The molecule has 0 unspecified atom stereocenters. The molecule has 1 saturated heterocycles. The van der Waals surface area contributed by atoms with Crippen LogP contribution in [0.5, 0.6) is 0 Å². The summed E-state index contributed by atoms with van der Waals surface area (Å²) in [6.45, 7) is 2.77. The number of carbonyl (C=O) groups excluding carboxylic acids is 1. The maximum atomic E-state index is 13.0. The van der Waals surface area contributed by atoms with E-state index in [1.807, 2.05) is 28.8 Å². The summed E-state index contributed by atoms with van der Waals surface area (Å²) in [5.74, 6) is 3.03. The molecule has 0 saturated carbocycles. The quantitative estimate of drug-likeness (QED) is 0.433. The third kappa shape index (κ3) is 4.21. The van der Waals surface area contributed by atoms with Crippen LogP contribution in [0.15, 0.2) is 46.9 Å². The molecule has 0 aliphatic carbocycles. The van der Waals surface area contributed by atoms with Crippen LogP contribution in [0.2, 0.25) is 10.0 Å². The SMILES string of the molecule is O=C(c1cc(Cl)cc(Cl)c1)N1CCN(c2c3c(nn2-c2ccc(Br)cc2)CSC3)CC1. The average Bonchev–Trinajstić information content (AvgIpc) is 3.34. The molecular weight excluding hydrogens is 519 g/mol. The average molecular weight is 538 g/mol. The van der Waals surface area contributed by atoms with Crippen molar-refractivity contribution >= 4 is 62.6 Å². The van der Waals surface area contributed by atoms with Gasteiger partial charge < -0.3 is 9.80 Å². The van der Waals surface area contributed by atoms with Gasteiger partial charge in [0.1, 0.15) is 5.82 Å². The van der Waals surface area contributed by atoms with Crippen LogP contribution in [-0.4, -0.2) is 46.8 Å². The Labute approximate surface area is 203 Å². The summed E-state index contributed by atoms with van der Waals surface area (Å²) in [4.78, 5) is 17.2. The summed E-state index contributed by atoms with van der Waals surface area (Å²) >= 11 is 17.6. The van der Waals surface area contributed by atoms with Crippen molar-refractivity contribution in [2.24, 2.45) is 0 Å². The lowest BCUT2D eigenvalue weighted by Crippen LogP contribution is -2.49. The highest BCUT2D eigenvalue weighted by Gasteiger charge is 2.30. The first-order chi connectivity index (χ1) is 15.0. The molecule has 0 radical (unpaired) electrons. The molecule has 2 aromatic carbocycles. The van der Waals surface area contributed by atoms with Crippen LogP contribution in [0, 0.1) is 0 Å².